The van der Waals surface area contributed by atoms with Gasteiger partial charge in [0.2, 0.25) is 0 Å². The molecule has 0 bridgehead atoms. The van der Waals surface area contributed by atoms with Crippen molar-refractivity contribution >= 4 is 12.0 Å². The summed E-state index contributed by atoms with van der Waals surface area (Å²) in [6, 6.07) is -0.420. The topological polar surface area (TPSA) is 118 Å². The Morgan fingerprint density at radius 2 is 2.05 bits per heavy atom. The van der Waals surface area contributed by atoms with Crippen molar-refractivity contribution in [3.05, 3.63) is 17.3 Å². The van der Waals surface area contributed by atoms with E-state index in [0.717, 1.165) is 6.42 Å². The standard InChI is InChI=1S/C13H21N3O5/c1-4-8(2)11(17)19-6-5-15-13(18)16-7-10-9(3)20-12(14)21-10/h8,14H,4-7H2,1-3H3,(H2,15,16,18). The lowest BCUT2D eigenvalue weighted by atomic mass is 10.1. The molecule has 1 aromatic heterocycles. The second-order valence-corrected chi connectivity index (χ2v) is 4.56. The monoisotopic (exact) mass is 299 g/mol. The van der Waals surface area contributed by atoms with Gasteiger partial charge in [-0.25, -0.2) is 10.2 Å². The van der Waals surface area contributed by atoms with Crippen molar-refractivity contribution in [3.8, 4) is 0 Å². The average molecular weight is 299 g/mol. The molecule has 0 aliphatic carbocycles. The molecule has 1 unspecified atom stereocenters. The summed E-state index contributed by atoms with van der Waals surface area (Å²) in [7, 11) is 0. The molecule has 1 rings (SSSR count). The van der Waals surface area contributed by atoms with Gasteiger partial charge in [-0.2, -0.15) is 0 Å². The summed E-state index contributed by atoms with van der Waals surface area (Å²) in [4.78, 5) is 22.9. The molecule has 0 fully saturated rings. The lowest BCUT2D eigenvalue weighted by Crippen LogP contribution is -2.37. The second-order valence-electron chi connectivity index (χ2n) is 4.56. The van der Waals surface area contributed by atoms with E-state index in [1.54, 1.807) is 13.8 Å². The van der Waals surface area contributed by atoms with Crippen molar-refractivity contribution in [1.82, 2.24) is 10.6 Å². The minimum absolute atomic E-state index is 0.118. The molecule has 0 aromatic carbocycles. The van der Waals surface area contributed by atoms with E-state index >= 15 is 0 Å². The van der Waals surface area contributed by atoms with E-state index in [-0.39, 0.29) is 37.3 Å². The summed E-state index contributed by atoms with van der Waals surface area (Å²) in [5.74, 6) is 0.127. The lowest BCUT2D eigenvalue weighted by molar-refractivity contribution is -0.147. The molecule has 0 saturated heterocycles. The van der Waals surface area contributed by atoms with Crippen molar-refractivity contribution in [1.29, 1.82) is 5.41 Å². The lowest BCUT2D eigenvalue weighted by Gasteiger charge is -2.10. The minimum atomic E-state index is -0.420. The number of aryl methyl sites for hydroxylation is 1. The van der Waals surface area contributed by atoms with Crippen LogP contribution in [0.5, 0.6) is 0 Å². The maximum Gasteiger partial charge on any atom is 0.391 e. The molecule has 1 aromatic rings. The summed E-state index contributed by atoms with van der Waals surface area (Å²) in [6.07, 6.45) is 0.721. The zero-order chi connectivity index (χ0) is 15.8. The smallest absolute Gasteiger partial charge is 0.391 e. The van der Waals surface area contributed by atoms with E-state index in [2.05, 4.69) is 10.6 Å². The first-order valence-corrected chi connectivity index (χ1v) is 6.76. The Morgan fingerprint density at radius 3 is 2.62 bits per heavy atom. The Kier molecular flexibility index (Phi) is 6.51. The number of esters is 1. The molecule has 0 spiro atoms. The first kappa shape index (κ1) is 16.8. The Labute approximate surface area is 122 Å². The zero-order valence-electron chi connectivity index (χ0n) is 12.4. The highest BCUT2D eigenvalue weighted by Gasteiger charge is 2.12. The van der Waals surface area contributed by atoms with Crippen molar-refractivity contribution in [3.63, 3.8) is 0 Å². The van der Waals surface area contributed by atoms with Crippen LogP contribution < -0.4 is 16.4 Å². The number of nitrogens with one attached hydrogen (secondary N) is 3. The normalized spacial score (nSPS) is 11.8. The third-order valence-corrected chi connectivity index (χ3v) is 2.91. The molecule has 0 aliphatic rings. The highest BCUT2D eigenvalue weighted by molar-refractivity contribution is 5.74. The number of urea groups is 1. The van der Waals surface area contributed by atoms with Crippen LogP contribution >= 0.6 is 0 Å². The van der Waals surface area contributed by atoms with Gasteiger partial charge < -0.3 is 24.2 Å². The van der Waals surface area contributed by atoms with Gasteiger partial charge in [0.15, 0.2) is 5.76 Å². The maximum absolute atomic E-state index is 11.5. The van der Waals surface area contributed by atoms with Crippen molar-refractivity contribution < 1.29 is 23.2 Å². The molecule has 0 aliphatic heterocycles. The Balaban J connectivity index is 2.19. The largest absolute Gasteiger partial charge is 0.464 e. The Hall–Kier alpha value is -2.25. The number of carbonyl (C=O) groups excluding carboxylic acids is 2. The number of carbonyl (C=O) groups is 2. The SMILES string of the molecule is CCC(C)C(=O)OCCNC(=O)NCc1oc(=N)oc1C. The molecule has 2 amide bonds. The van der Waals surface area contributed by atoms with E-state index in [4.69, 9.17) is 19.0 Å². The predicted molar refractivity (Wildman–Crippen MR) is 72.2 cm³/mol. The number of hydrogen-bond donors (Lipinski definition) is 3. The van der Waals surface area contributed by atoms with Crippen molar-refractivity contribution in [2.24, 2.45) is 5.92 Å². The first-order chi connectivity index (χ1) is 9.93. The predicted octanol–water partition coefficient (Wildman–Crippen LogP) is 1.05. The summed E-state index contributed by atoms with van der Waals surface area (Å²) >= 11 is 0. The first-order valence-electron chi connectivity index (χ1n) is 6.76. The molecule has 1 atom stereocenters. The Bertz CT molecular complexity index is 534. The third-order valence-electron chi connectivity index (χ3n) is 2.91. The summed E-state index contributed by atoms with van der Waals surface area (Å²) in [5, 5.41) is 12.3. The van der Waals surface area contributed by atoms with Gasteiger partial charge in [0, 0.05) is 0 Å². The average Bonchev–Trinajstić information content (AvgIpc) is 2.78. The molecular formula is C13H21N3O5. The van der Waals surface area contributed by atoms with Crippen LogP contribution in [0.25, 0.3) is 0 Å². The number of amides is 2. The zero-order valence-corrected chi connectivity index (χ0v) is 12.4. The van der Waals surface area contributed by atoms with Crippen LogP contribution in [-0.2, 0) is 16.1 Å². The number of hydrogen-bond acceptors (Lipinski definition) is 6. The quantitative estimate of drug-likeness (QED) is 0.514. The molecule has 1 heterocycles. The molecule has 118 valence electrons. The van der Waals surface area contributed by atoms with E-state index in [9.17, 15) is 9.59 Å². The van der Waals surface area contributed by atoms with Gasteiger partial charge >= 0.3 is 17.8 Å². The fraction of sp³-hybridized carbons (Fsp3) is 0.615. The van der Waals surface area contributed by atoms with E-state index in [1.165, 1.54) is 0 Å². The molecule has 8 nitrogen and oxygen atoms in total. The van der Waals surface area contributed by atoms with Gasteiger partial charge in [-0.3, -0.25) is 4.79 Å². The number of ether oxygens (including phenoxy) is 1. The molecule has 3 N–H and O–H groups in total. The minimum Gasteiger partial charge on any atom is -0.464 e. The summed E-state index contributed by atoms with van der Waals surface area (Å²) < 4.78 is 14.8. The van der Waals surface area contributed by atoms with Gasteiger partial charge in [0.1, 0.15) is 12.4 Å². The Morgan fingerprint density at radius 1 is 1.33 bits per heavy atom. The van der Waals surface area contributed by atoms with Crippen LogP contribution in [0.15, 0.2) is 8.83 Å². The van der Waals surface area contributed by atoms with Gasteiger partial charge in [0.25, 0.3) is 0 Å². The van der Waals surface area contributed by atoms with E-state index in [0.29, 0.717) is 11.5 Å². The molecule has 0 saturated carbocycles. The molecule has 21 heavy (non-hydrogen) atoms. The van der Waals surface area contributed by atoms with Crippen LogP contribution in [0.3, 0.4) is 0 Å². The van der Waals surface area contributed by atoms with Crippen molar-refractivity contribution in [2.45, 2.75) is 33.7 Å². The van der Waals surface area contributed by atoms with Crippen LogP contribution in [0.2, 0.25) is 0 Å². The van der Waals surface area contributed by atoms with Crippen LogP contribution in [0.1, 0.15) is 31.8 Å². The third kappa shape index (κ3) is 5.72. The van der Waals surface area contributed by atoms with E-state index < -0.39 is 6.03 Å². The van der Waals surface area contributed by atoms with Gasteiger partial charge in [-0.15, -0.1) is 0 Å². The molecular weight excluding hydrogens is 278 g/mol. The fourth-order valence-electron chi connectivity index (χ4n) is 1.41. The highest BCUT2D eigenvalue weighted by Crippen LogP contribution is 2.03. The van der Waals surface area contributed by atoms with Gasteiger partial charge in [-0.1, -0.05) is 13.8 Å². The summed E-state index contributed by atoms with van der Waals surface area (Å²) in [6.45, 7) is 5.81. The maximum atomic E-state index is 11.5. The van der Waals surface area contributed by atoms with Crippen LogP contribution in [0, 0.1) is 18.3 Å². The highest BCUT2D eigenvalue weighted by atomic mass is 16.5. The van der Waals surface area contributed by atoms with Crippen LogP contribution in [-0.4, -0.2) is 25.2 Å². The summed E-state index contributed by atoms with van der Waals surface area (Å²) in [5.41, 5.74) is 0. The van der Waals surface area contributed by atoms with Crippen LogP contribution in [0.4, 0.5) is 4.79 Å². The van der Waals surface area contributed by atoms with Gasteiger partial charge in [0.05, 0.1) is 19.0 Å². The van der Waals surface area contributed by atoms with Gasteiger partial charge in [-0.05, 0) is 13.3 Å². The second kappa shape index (κ2) is 8.13. The molecule has 0 radical (unpaired) electrons. The van der Waals surface area contributed by atoms with E-state index in [1.807, 2.05) is 6.92 Å². The number of rotatable bonds is 7. The molecule has 8 heteroatoms. The van der Waals surface area contributed by atoms with Crippen molar-refractivity contribution in [2.75, 3.05) is 13.2 Å². The fourth-order valence-corrected chi connectivity index (χ4v) is 1.41.